The molecular weight excluding hydrogens is 216 g/mol. The molecular formula is C13H24N2O2. The van der Waals surface area contributed by atoms with Gasteiger partial charge in [0, 0.05) is 17.6 Å². The van der Waals surface area contributed by atoms with Gasteiger partial charge in [-0.05, 0) is 45.7 Å². The van der Waals surface area contributed by atoms with E-state index in [2.05, 4.69) is 24.2 Å². The van der Waals surface area contributed by atoms with E-state index in [1.807, 2.05) is 0 Å². The standard InChI is InChI=1S/C13H24N2O2/c1-3-6-14-13(9-12(16)17)7-10-4-5-11(8-13)15(10)2/h10-11,14H,3-9H2,1-2H3,(H,16,17). The van der Waals surface area contributed by atoms with Crippen LogP contribution in [0.4, 0.5) is 0 Å². The highest BCUT2D eigenvalue weighted by atomic mass is 16.4. The van der Waals surface area contributed by atoms with Gasteiger partial charge in [-0.3, -0.25) is 4.79 Å². The molecule has 17 heavy (non-hydrogen) atoms. The van der Waals surface area contributed by atoms with E-state index in [9.17, 15) is 4.79 Å². The number of aliphatic carboxylic acids is 1. The number of carboxylic acid groups (broad SMARTS) is 1. The molecule has 0 saturated carbocycles. The smallest absolute Gasteiger partial charge is 0.305 e. The van der Waals surface area contributed by atoms with E-state index in [1.165, 1.54) is 12.8 Å². The van der Waals surface area contributed by atoms with Crippen molar-refractivity contribution >= 4 is 5.97 Å². The summed E-state index contributed by atoms with van der Waals surface area (Å²) in [6, 6.07) is 1.16. The predicted octanol–water partition coefficient (Wildman–Crippen LogP) is 1.46. The van der Waals surface area contributed by atoms with E-state index in [0.29, 0.717) is 12.1 Å². The summed E-state index contributed by atoms with van der Waals surface area (Å²) in [7, 11) is 2.19. The van der Waals surface area contributed by atoms with Gasteiger partial charge in [-0.25, -0.2) is 0 Å². The van der Waals surface area contributed by atoms with Crippen LogP contribution in [-0.4, -0.2) is 47.2 Å². The van der Waals surface area contributed by atoms with Crippen LogP contribution in [0.1, 0.15) is 45.4 Å². The minimum absolute atomic E-state index is 0.153. The Labute approximate surface area is 103 Å². The predicted molar refractivity (Wildman–Crippen MR) is 67.1 cm³/mol. The quantitative estimate of drug-likeness (QED) is 0.764. The Hall–Kier alpha value is -0.610. The highest BCUT2D eigenvalue weighted by Gasteiger charge is 2.47. The van der Waals surface area contributed by atoms with Gasteiger partial charge in [0.05, 0.1) is 6.42 Å². The molecule has 98 valence electrons. The molecule has 2 rings (SSSR count). The third-order valence-corrected chi connectivity index (χ3v) is 4.48. The summed E-state index contributed by atoms with van der Waals surface area (Å²) in [5, 5.41) is 12.7. The Balaban J connectivity index is 2.09. The van der Waals surface area contributed by atoms with Crippen LogP contribution in [-0.2, 0) is 4.79 Å². The van der Waals surface area contributed by atoms with Gasteiger partial charge < -0.3 is 15.3 Å². The summed E-state index contributed by atoms with van der Waals surface area (Å²) >= 11 is 0. The van der Waals surface area contributed by atoms with Gasteiger partial charge in [-0.1, -0.05) is 6.92 Å². The lowest BCUT2D eigenvalue weighted by Crippen LogP contribution is -2.57. The third-order valence-electron chi connectivity index (χ3n) is 4.48. The molecule has 4 heteroatoms. The molecule has 0 aliphatic carbocycles. The van der Waals surface area contributed by atoms with Gasteiger partial charge in [-0.2, -0.15) is 0 Å². The number of nitrogens with one attached hydrogen (secondary N) is 1. The van der Waals surface area contributed by atoms with Gasteiger partial charge in [0.1, 0.15) is 0 Å². The second-order valence-electron chi connectivity index (χ2n) is 5.74. The summed E-state index contributed by atoms with van der Waals surface area (Å²) in [5.74, 6) is -0.669. The lowest BCUT2D eigenvalue weighted by molar-refractivity contribution is -0.139. The van der Waals surface area contributed by atoms with Crippen molar-refractivity contribution in [3.8, 4) is 0 Å². The maximum absolute atomic E-state index is 11.1. The minimum Gasteiger partial charge on any atom is -0.481 e. The summed E-state index contributed by atoms with van der Waals surface area (Å²) in [6.45, 7) is 3.06. The molecule has 2 bridgehead atoms. The Morgan fingerprint density at radius 3 is 2.47 bits per heavy atom. The lowest BCUT2D eigenvalue weighted by atomic mass is 9.80. The largest absolute Gasteiger partial charge is 0.481 e. The number of carbonyl (C=O) groups is 1. The Morgan fingerprint density at radius 1 is 1.41 bits per heavy atom. The molecule has 0 amide bonds. The fourth-order valence-corrected chi connectivity index (χ4v) is 3.60. The number of nitrogens with zero attached hydrogens (tertiary/aromatic N) is 1. The molecule has 2 atom stereocenters. The molecule has 2 aliphatic rings. The van der Waals surface area contributed by atoms with Gasteiger partial charge in [-0.15, -0.1) is 0 Å². The molecule has 0 aromatic rings. The van der Waals surface area contributed by atoms with Crippen LogP contribution in [0, 0.1) is 0 Å². The first-order chi connectivity index (χ1) is 8.06. The number of hydrogen-bond donors (Lipinski definition) is 2. The van der Waals surface area contributed by atoms with Crippen LogP contribution < -0.4 is 5.32 Å². The maximum atomic E-state index is 11.1. The van der Waals surface area contributed by atoms with Crippen LogP contribution in [0.3, 0.4) is 0 Å². The summed E-state index contributed by atoms with van der Waals surface area (Å²) < 4.78 is 0. The van der Waals surface area contributed by atoms with E-state index in [-0.39, 0.29) is 12.0 Å². The van der Waals surface area contributed by atoms with E-state index in [0.717, 1.165) is 25.8 Å². The Morgan fingerprint density at radius 2 is 2.00 bits per heavy atom. The van der Waals surface area contributed by atoms with Crippen LogP contribution in [0.25, 0.3) is 0 Å². The van der Waals surface area contributed by atoms with E-state index < -0.39 is 5.97 Å². The molecule has 2 N–H and O–H groups in total. The van der Waals surface area contributed by atoms with Crippen LogP contribution in [0.5, 0.6) is 0 Å². The zero-order valence-electron chi connectivity index (χ0n) is 10.9. The van der Waals surface area contributed by atoms with Crippen LogP contribution >= 0.6 is 0 Å². The monoisotopic (exact) mass is 240 g/mol. The van der Waals surface area contributed by atoms with Crippen molar-refractivity contribution in [2.45, 2.75) is 63.1 Å². The van der Waals surface area contributed by atoms with Crippen LogP contribution in [0.2, 0.25) is 0 Å². The molecule has 4 nitrogen and oxygen atoms in total. The highest BCUT2D eigenvalue weighted by molar-refractivity contribution is 5.68. The molecule has 2 saturated heterocycles. The summed E-state index contributed by atoms with van der Waals surface area (Å²) in [5.41, 5.74) is -0.153. The average Bonchev–Trinajstić information content (AvgIpc) is 2.51. The van der Waals surface area contributed by atoms with Crippen molar-refractivity contribution < 1.29 is 9.90 Å². The topological polar surface area (TPSA) is 52.6 Å². The first-order valence-electron chi connectivity index (χ1n) is 6.75. The maximum Gasteiger partial charge on any atom is 0.305 e. The summed E-state index contributed by atoms with van der Waals surface area (Å²) in [6.07, 6.45) is 5.78. The van der Waals surface area contributed by atoms with Gasteiger partial charge in [0.15, 0.2) is 0 Å². The van der Waals surface area contributed by atoms with Gasteiger partial charge >= 0.3 is 5.97 Å². The number of fused-ring (bicyclic) bond motifs is 2. The summed E-state index contributed by atoms with van der Waals surface area (Å²) in [4.78, 5) is 13.5. The number of hydrogen-bond acceptors (Lipinski definition) is 3. The molecule has 0 aromatic heterocycles. The molecule has 2 fully saturated rings. The van der Waals surface area contributed by atoms with Gasteiger partial charge in [0.2, 0.25) is 0 Å². The zero-order valence-corrected chi connectivity index (χ0v) is 10.9. The van der Waals surface area contributed by atoms with E-state index >= 15 is 0 Å². The number of piperidine rings is 1. The number of rotatable bonds is 5. The Kier molecular flexibility index (Phi) is 3.73. The van der Waals surface area contributed by atoms with Crippen molar-refractivity contribution in [2.75, 3.05) is 13.6 Å². The number of carboxylic acids is 1. The third kappa shape index (κ3) is 2.63. The molecule has 2 unspecified atom stereocenters. The molecule has 0 spiro atoms. The average molecular weight is 240 g/mol. The zero-order chi connectivity index (χ0) is 12.5. The van der Waals surface area contributed by atoms with Gasteiger partial charge in [0.25, 0.3) is 0 Å². The van der Waals surface area contributed by atoms with Crippen molar-refractivity contribution in [1.82, 2.24) is 10.2 Å². The SMILES string of the molecule is CCCNC1(CC(=O)O)CC2CCC(C1)N2C. The Bertz CT molecular complexity index is 279. The molecule has 0 aromatic carbocycles. The molecule has 0 radical (unpaired) electrons. The first-order valence-corrected chi connectivity index (χ1v) is 6.75. The molecule has 2 aliphatic heterocycles. The second-order valence-corrected chi connectivity index (χ2v) is 5.74. The molecule has 2 heterocycles. The van der Waals surface area contributed by atoms with Crippen molar-refractivity contribution in [1.29, 1.82) is 0 Å². The van der Waals surface area contributed by atoms with Crippen molar-refractivity contribution in [3.05, 3.63) is 0 Å². The second kappa shape index (κ2) is 4.94. The van der Waals surface area contributed by atoms with E-state index in [4.69, 9.17) is 5.11 Å². The lowest BCUT2D eigenvalue weighted by Gasteiger charge is -2.45. The van der Waals surface area contributed by atoms with Crippen LogP contribution in [0.15, 0.2) is 0 Å². The van der Waals surface area contributed by atoms with Crippen molar-refractivity contribution in [2.24, 2.45) is 0 Å². The normalized spacial score (nSPS) is 37.3. The fourth-order valence-electron chi connectivity index (χ4n) is 3.60. The van der Waals surface area contributed by atoms with Crippen molar-refractivity contribution in [3.63, 3.8) is 0 Å². The highest BCUT2D eigenvalue weighted by Crippen LogP contribution is 2.41. The minimum atomic E-state index is -0.669. The van der Waals surface area contributed by atoms with E-state index in [1.54, 1.807) is 0 Å². The fraction of sp³-hybridized carbons (Fsp3) is 0.923. The first kappa shape index (κ1) is 12.8.